The number of hydrogen-bond acceptors (Lipinski definition) is 6. The molecule has 1 aliphatic carbocycles. The Morgan fingerprint density at radius 1 is 0.952 bits per heavy atom. The minimum absolute atomic E-state index is 0.0108. The third kappa shape index (κ3) is 7.02. The average Bonchev–Trinajstić information content (AvgIpc) is 3.52. The first-order valence-corrected chi connectivity index (χ1v) is 15.2. The van der Waals surface area contributed by atoms with Crippen LogP contribution < -0.4 is 19.1 Å². The van der Waals surface area contributed by atoms with Gasteiger partial charge in [-0.3, -0.25) is 13.9 Å². The number of methoxy groups -OCH3 is 2. The lowest BCUT2D eigenvalue weighted by Gasteiger charge is -2.32. The van der Waals surface area contributed by atoms with E-state index in [1.54, 1.807) is 43.3 Å². The van der Waals surface area contributed by atoms with Crippen LogP contribution in [0, 0.1) is 5.82 Å². The normalized spacial score (nSPS) is 14.2. The van der Waals surface area contributed by atoms with E-state index in [9.17, 15) is 22.4 Å². The molecule has 0 unspecified atom stereocenters. The smallest absolute Gasteiger partial charge is 0.264 e. The van der Waals surface area contributed by atoms with E-state index in [4.69, 9.17) is 9.47 Å². The number of anilines is 1. The van der Waals surface area contributed by atoms with Crippen molar-refractivity contribution in [1.82, 2.24) is 10.2 Å². The van der Waals surface area contributed by atoms with E-state index in [-0.39, 0.29) is 40.4 Å². The molecule has 2 amide bonds. The molecule has 42 heavy (non-hydrogen) atoms. The Morgan fingerprint density at radius 2 is 1.60 bits per heavy atom. The second-order valence-corrected chi connectivity index (χ2v) is 12.0. The third-order valence-electron chi connectivity index (χ3n) is 7.43. The zero-order valence-corrected chi connectivity index (χ0v) is 24.8. The molecule has 1 saturated carbocycles. The highest BCUT2D eigenvalue weighted by atomic mass is 32.2. The first kappa shape index (κ1) is 30.8. The van der Waals surface area contributed by atoms with E-state index in [0.717, 1.165) is 30.0 Å². The predicted molar refractivity (Wildman–Crippen MR) is 157 cm³/mol. The molecular weight excluding hydrogens is 561 g/mol. The van der Waals surface area contributed by atoms with E-state index in [1.165, 1.54) is 55.5 Å². The summed E-state index contributed by atoms with van der Waals surface area (Å²) in [6.07, 6.45) is 3.73. The molecule has 1 N–H and O–H groups in total. The van der Waals surface area contributed by atoms with Crippen LogP contribution in [0.4, 0.5) is 10.1 Å². The van der Waals surface area contributed by atoms with Gasteiger partial charge in [-0.05, 0) is 50.1 Å². The largest absolute Gasteiger partial charge is 0.493 e. The molecule has 0 aliphatic heterocycles. The van der Waals surface area contributed by atoms with E-state index >= 15 is 0 Å². The number of sulfonamides is 1. The third-order valence-corrected chi connectivity index (χ3v) is 9.20. The van der Waals surface area contributed by atoms with Gasteiger partial charge in [0.1, 0.15) is 18.4 Å². The van der Waals surface area contributed by atoms with Gasteiger partial charge < -0.3 is 19.7 Å². The van der Waals surface area contributed by atoms with Crippen molar-refractivity contribution in [1.29, 1.82) is 0 Å². The lowest BCUT2D eigenvalue weighted by molar-refractivity contribution is -0.139. The summed E-state index contributed by atoms with van der Waals surface area (Å²) in [6.45, 7) is 0.721. The summed E-state index contributed by atoms with van der Waals surface area (Å²) in [5.74, 6) is -1.02. The summed E-state index contributed by atoms with van der Waals surface area (Å²) >= 11 is 0. The topological polar surface area (TPSA) is 105 Å². The number of halogens is 1. The van der Waals surface area contributed by atoms with Crippen molar-refractivity contribution in [2.75, 3.05) is 25.1 Å². The molecule has 0 saturated heterocycles. The Labute approximate surface area is 246 Å². The summed E-state index contributed by atoms with van der Waals surface area (Å²) in [5, 5.41) is 2.99. The molecule has 0 radical (unpaired) electrons. The van der Waals surface area contributed by atoms with E-state index in [0.29, 0.717) is 5.75 Å². The Hall–Kier alpha value is -4.12. The highest BCUT2D eigenvalue weighted by molar-refractivity contribution is 7.92. The molecular formula is C31H36FN3O6S. The van der Waals surface area contributed by atoms with Crippen molar-refractivity contribution in [3.8, 4) is 11.5 Å². The van der Waals surface area contributed by atoms with Gasteiger partial charge in [-0.1, -0.05) is 49.2 Å². The Kier molecular flexibility index (Phi) is 10.1. The van der Waals surface area contributed by atoms with Crippen LogP contribution in [0.25, 0.3) is 0 Å². The number of ether oxygens (including phenoxy) is 2. The molecule has 1 aliphatic rings. The predicted octanol–water partition coefficient (Wildman–Crippen LogP) is 4.51. The van der Waals surface area contributed by atoms with Crippen LogP contribution in [0.15, 0.2) is 77.7 Å². The van der Waals surface area contributed by atoms with Crippen molar-refractivity contribution in [2.45, 2.75) is 56.1 Å². The number of nitrogens with one attached hydrogen (secondary N) is 1. The molecule has 3 aromatic rings. The number of benzene rings is 3. The maximum atomic E-state index is 14.7. The van der Waals surface area contributed by atoms with Crippen LogP contribution >= 0.6 is 0 Å². The summed E-state index contributed by atoms with van der Waals surface area (Å²) in [4.78, 5) is 28.4. The van der Waals surface area contributed by atoms with E-state index in [2.05, 4.69) is 5.32 Å². The van der Waals surface area contributed by atoms with E-state index in [1.807, 2.05) is 0 Å². The van der Waals surface area contributed by atoms with Gasteiger partial charge in [0.2, 0.25) is 11.8 Å². The first-order chi connectivity index (χ1) is 20.1. The average molecular weight is 598 g/mol. The van der Waals surface area contributed by atoms with E-state index < -0.39 is 34.3 Å². The van der Waals surface area contributed by atoms with Gasteiger partial charge >= 0.3 is 0 Å². The maximum Gasteiger partial charge on any atom is 0.264 e. The summed E-state index contributed by atoms with van der Waals surface area (Å²) in [6, 6.07) is 17.4. The second-order valence-electron chi connectivity index (χ2n) is 10.1. The first-order valence-electron chi connectivity index (χ1n) is 13.8. The number of nitrogens with zero attached hydrogens (tertiary/aromatic N) is 2. The number of para-hydroxylation sites is 1. The van der Waals surface area contributed by atoms with Gasteiger partial charge in [-0.25, -0.2) is 12.8 Å². The molecule has 0 aromatic heterocycles. The van der Waals surface area contributed by atoms with Crippen molar-refractivity contribution in [3.05, 3.63) is 84.2 Å². The van der Waals surface area contributed by atoms with Crippen molar-refractivity contribution in [3.63, 3.8) is 0 Å². The SMILES string of the molecule is COc1ccc(S(=O)(=O)N(CC(=O)N(Cc2ccccc2F)[C@H](C)C(=O)NC2CCCC2)c2ccccc2)cc1OC. The number of carbonyl (C=O) groups is 2. The second kappa shape index (κ2) is 13.7. The van der Waals surface area contributed by atoms with Gasteiger partial charge in [0.25, 0.3) is 10.0 Å². The Morgan fingerprint density at radius 3 is 2.24 bits per heavy atom. The molecule has 4 rings (SSSR count). The molecule has 11 heteroatoms. The van der Waals surface area contributed by atoms with Crippen LogP contribution in [-0.4, -0.2) is 58.0 Å². The lowest BCUT2D eigenvalue weighted by atomic mass is 10.1. The highest BCUT2D eigenvalue weighted by Crippen LogP contribution is 2.32. The van der Waals surface area contributed by atoms with Gasteiger partial charge in [0, 0.05) is 24.2 Å². The maximum absolute atomic E-state index is 14.7. The molecule has 224 valence electrons. The summed E-state index contributed by atoms with van der Waals surface area (Å²) < 4.78 is 54.3. The minimum atomic E-state index is -4.31. The fraction of sp³-hybridized carbons (Fsp3) is 0.355. The zero-order valence-electron chi connectivity index (χ0n) is 24.0. The van der Waals surface area contributed by atoms with Crippen molar-refractivity contribution >= 4 is 27.5 Å². The molecule has 3 aromatic carbocycles. The lowest BCUT2D eigenvalue weighted by Crippen LogP contribution is -2.52. The highest BCUT2D eigenvalue weighted by Gasteiger charge is 2.34. The summed E-state index contributed by atoms with van der Waals surface area (Å²) in [5.41, 5.74) is 0.454. The quantitative estimate of drug-likeness (QED) is 0.329. The van der Waals surface area contributed by atoms with Crippen LogP contribution in [-0.2, 0) is 26.2 Å². The number of rotatable bonds is 12. The van der Waals surface area contributed by atoms with Crippen LogP contribution in [0.2, 0.25) is 0 Å². The molecule has 1 atom stereocenters. The summed E-state index contributed by atoms with van der Waals surface area (Å²) in [7, 11) is -1.48. The number of hydrogen-bond donors (Lipinski definition) is 1. The van der Waals surface area contributed by atoms with Crippen LogP contribution in [0.1, 0.15) is 38.2 Å². The fourth-order valence-electron chi connectivity index (χ4n) is 5.01. The fourth-order valence-corrected chi connectivity index (χ4v) is 6.44. The molecule has 0 heterocycles. The molecule has 0 spiro atoms. The van der Waals surface area contributed by atoms with Gasteiger partial charge in [0.05, 0.1) is 24.8 Å². The van der Waals surface area contributed by atoms with Gasteiger partial charge in [-0.15, -0.1) is 0 Å². The van der Waals surface area contributed by atoms with Crippen LogP contribution in [0.5, 0.6) is 11.5 Å². The van der Waals surface area contributed by atoms with Crippen molar-refractivity contribution < 1.29 is 31.9 Å². The van der Waals surface area contributed by atoms with Crippen molar-refractivity contribution in [2.24, 2.45) is 0 Å². The Balaban J connectivity index is 1.70. The monoisotopic (exact) mass is 597 g/mol. The molecule has 9 nitrogen and oxygen atoms in total. The minimum Gasteiger partial charge on any atom is -0.493 e. The standard InChI is InChI=1S/C31H36FN3O6S/c1-22(31(37)33-24-12-8-9-13-24)34(20-23-11-7-10-16-27(23)32)30(36)21-35(25-14-5-4-6-15-25)42(38,39)26-17-18-28(40-2)29(19-26)41-3/h4-7,10-11,14-19,22,24H,8-9,12-13,20-21H2,1-3H3,(H,33,37)/t22-/m1/s1. The molecule has 1 fully saturated rings. The van der Waals surface area contributed by atoms with Gasteiger partial charge in [0.15, 0.2) is 11.5 Å². The molecule has 0 bridgehead atoms. The zero-order chi connectivity index (χ0) is 30.3. The number of carbonyl (C=O) groups excluding carboxylic acids is 2. The van der Waals surface area contributed by atoms with Crippen LogP contribution in [0.3, 0.4) is 0 Å². The number of amides is 2. The Bertz CT molecular complexity index is 1500. The van der Waals surface area contributed by atoms with Gasteiger partial charge in [-0.2, -0.15) is 0 Å².